The molecule has 1 aliphatic carbocycles. The summed E-state index contributed by atoms with van der Waals surface area (Å²) < 4.78 is 2.26. The zero-order valence-corrected chi connectivity index (χ0v) is 21.2. The van der Waals surface area contributed by atoms with Crippen LogP contribution in [-0.4, -0.2) is 60.2 Å². The van der Waals surface area contributed by atoms with Gasteiger partial charge in [0, 0.05) is 52.1 Å². The smallest absolute Gasteiger partial charge is 0.336 e. The van der Waals surface area contributed by atoms with E-state index in [0.717, 1.165) is 39.1 Å². The van der Waals surface area contributed by atoms with Gasteiger partial charge in [-0.05, 0) is 61.7 Å². The van der Waals surface area contributed by atoms with Crippen LogP contribution >= 0.6 is 0 Å². The summed E-state index contributed by atoms with van der Waals surface area (Å²) in [6.07, 6.45) is 2.37. The molecule has 163 valence electrons. The first-order valence-electron chi connectivity index (χ1n) is 11.1. The molecule has 0 spiro atoms. The van der Waals surface area contributed by atoms with Crippen LogP contribution in [0.25, 0.3) is 33.3 Å². The summed E-state index contributed by atoms with van der Waals surface area (Å²) in [5.74, 6) is 0.700. The second-order valence-electron chi connectivity index (χ2n) is 8.70. The minimum Gasteiger partial charge on any atom is -0.478 e. The second kappa shape index (κ2) is 8.95. The Balaban J connectivity index is 0.00000241. The fourth-order valence-electron chi connectivity index (χ4n) is 4.42. The van der Waals surface area contributed by atoms with Crippen LogP contribution in [0.3, 0.4) is 0 Å². The van der Waals surface area contributed by atoms with Crippen molar-refractivity contribution in [3.8, 4) is 11.3 Å². The summed E-state index contributed by atoms with van der Waals surface area (Å²) in [5.41, 5.74) is 6.41. The largest absolute Gasteiger partial charge is 0.478 e. The average Bonchev–Trinajstić information content (AvgIpc) is 3.62. The van der Waals surface area contributed by atoms with Gasteiger partial charge >= 0.3 is 5.97 Å². The normalized spacial score (nSPS) is 13.2. The number of nitrogens with zero attached hydrogens (tertiary/aromatic N) is 4. The second-order valence-corrected chi connectivity index (χ2v) is 8.70. The monoisotopic (exact) mass is 457 g/mol. The Labute approximate surface area is 219 Å². The first-order chi connectivity index (χ1) is 16.1. The van der Waals surface area contributed by atoms with Crippen molar-refractivity contribution in [2.45, 2.75) is 32.2 Å². The molecule has 7 heteroatoms. The molecule has 0 saturated heterocycles. The molecule has 1 fully saturated rings. The van der Waals surface area contributed by atoms with Crippen LogP contribution in [0.15, 0.2) is 66.7 Å². The van der Waals surface area contributed by atoms with E-state index in [-0.39, 0.29) is 35.1 Å². The van der Waals surface area contributed by atoms with Crippen LogP contribution in [0.4, 0.5) is 0 Å². The molecule has 2 aromatic carbocycles. The third-order valence-corrected chi connectivity index (χ3v) is 6.23. The Kier molecular flexibility index (Phi) is 5.98. The molecular weight excluding hydrogens is 435 g/mol. The Morgan fingerprint density at radius 2 is 1.76 bits per heavy atom. The molecule has 0 bridgehead atoms. The predicted molar refractivity (Wildman–Crippen MR) is 133 cm³/mol. The topological polar surface area (TPSA) is 80.9 Å². The van der Waals surface area contributed by atoms with Crippen LogP contribution in [0.2, 0.25) is 0 Å². The number of rotatable bonds is 5. The first kappa shape index (κ1) is 22.7. The van der Waals surface area contributed by atoms with Crippen molar-refractivity contribution in [1.29, 1.82) is 0 Å². The molecule has 0 unspecified atom stereocenters. The van der Waals surface area contributed by atoms with Gasteiger partial charge in [-0.15, -0.1) is 0 Å². The molecule has 0 atom stereocenters. The zero-order valence-electron chi connectivity index (χ0n) is 19.2. The Bertz CT molecular complexity index is 1560. The van der Waals surface area contributed by atoms with Gasteiger partial charge in [0.2, 0.25) is 0 Å². The number of aromatic carboxylic acids is 1. The molecule has 3 heterocycles. The number of pyridine rings is 2. The van der Waals surface area contributed by atoms with E-state index in [1.165, 1.54) is 12.8 Å². The van der Waals surface area contributed by atoms with E-state index in [4.69, 9.17) is 15.0 Å². The van der Waals surface area contributed by atoms with E-state index in [0.29, 0.717) is 23.7 Å². The van der Waals surface area contributed by atoms with Gasteiger partial charge in [-0.2, -0.15) is 0 Å². The van der Waals surface area contributed by atoms with Crippen molar-refractivity contribution in [3.63, 3.8) is 0 Å². The summed E-state index contributed by atoms with van der Waals surface area (Å²) in [6.45, 7) is 2.72. The Morgan fingerprint density at radius 1 is 0.971 bits per heavy atom. The number of benzene rings is 2. The number of carbonyl (C=O) groups is 1. The van der Waals surface area contributed by atoms with E-state index >= 15 is 0 Å². The maximum absolute atomic E-state index is 11.6. The van der Waals surface area contributed by atoms with Gasteiger partial charge in [0.05, 0.1) is 23.3 Å². The van der Waals surface area contributed by atoms with Crippen LogP contribution in [0, 0.1) is 6.92 Å². The maximum atomic E-state index is 11.6. The van der Waals surface area contributed by atoms with E-state index in [1.54, 1.807) is 18.2 Å². The summed E-state index contributed by atoms with van der Waals surface area (Å²) in [7, 11) is 0. The minimum atomic E-state index is -0.953. The quantitative estimate of drug-likeness (QED) is 0.367. The van der Waals surface area contributed by atoms with Crippen molar-refractivity contribution < 1.29 is 9.90 Å². The number of carboxylic acid groups (broad SMARTS) is 1. The van der Waals surface area contributed by atoms with E-state index in [1.807, 2.05) is 37.3 Å². The van der Waals surface area contributed by atoms with Crippen molar-refractivity contribution in [1.82, 2.24) is 19.5 Å². The fourth-order valence-corrected chi connectivity index (χ4v) is 4.42. The molecule has 0 amide bonds. The van der Waals surface area contributed by atoms with Gasteiger partial charge in [0.25, 0.3) is 0 Å². The minimum absolute atomic E-state index is 0. The average molecular weight is 457 g/mol. The summed E-state index contributed by atoms with van der Waals surface area (Å²) in [4.78, 5) is 26.0. The number of hydrogen-bond donors (Lipinski definition) is 1. The molecule has 34 heavy (non-hydrogen) atoms. The number of hydrogen-bond acceptors (Lipinski definition) is 4. The summed E-state index contributed by atoms with van der Waals surface area (Å²) >= 11 is 0. The maximum Gasteiger partial charge on any atom is 0.336 e. The van der Waals surface area contributed by atoms with E-state index < -0.39 is 5.97 Å². The first-order valence-corrected chi connectivity index (χ1v) is 11.1. The molecule has 0 aliphatic heterocycles. The SMILES string of the molecule is Cc1ccc2nc(C3CC3)n(Cc3ccc4nc(-c5ccccc5C(=O)O)ccc4c3)c2n1.[Na]. The Morgan fingerprint density at radius 3 is 2.56 bits per heavy atom. The number of carboxylic acids is 1. The van der Waals surface area contributed by atoms with Crippen molar-refractivity contribution in [2.75, 3.05) is 0 Å². The van der Waals surface area contributed by atoms with Gasteiger partial charge in [0.1, 0.15) is 11.3 Å². The van der Waals surface area contributed by atoms with E-state index in [2.05, 4.69) is 22.8 Å². The molecule has 6 nitrogen and oxygen atoms in total. The van der Waals surface area contributed by atoms with E-state index in [9.17, 15) is 9.90 Å². The summed E-state index contributed by atoms with van der Waals surface area (Å²) in [6, 6.07) is 21.2. The standard InChI is InChI=1S/C27H22N4O2.Na/c1-16-6-11-24-26(28-16)31(25(30-24)18-8-9-18)15-17-7-12-22-19(14-17)10-13-23(29-22)20-4-2-3-5-21(20)27(32)33;/h2-7,10-14,18H,8-9,15H2,1H3,(H,32,33);. The van der Waals surface area contributed by atoms with Crippen molar-refractivity contribution >= 4 is 57.6 Å². The third-order valence-electron chi connectivity index (χ3n) is 6.23. The molecule has 1 saturated carbocycles. The Hall–Kier alpha value is -3.06. The molecule has 1 radical (unpaired) electrons. The van der Waals surface area contributed by atoms with Gasteiger partial charge in [-0.1, -0.05) is 30.3 Å². The number of fused-ring (bicyclic) bond motifs is 2. The van der Waals surface area contributed by atoms with Gasteiger partial charge in [0.15, 0.2) is 5.65 Å². The molecule has 6 rings (SSSR count). The molecule has 5 aromatic rings. The molecule has 1 aliphatic rings. The third kappa shape index (κ3) is 4.13. The van der Waals surface area contributed by atoms with Crippen LogP contribution < -0.4 is 0 Å². The predicted octanol–water partition coefficient (Wildman–Crippen LogP) is 5.20. The van der Waals surface area contributed by atoms with Crippen LogP contribution in [0.1, 0.15) is 46.2 Å². The van der Waals surface area contributed by atoms with Crippen LogP contribution in [0.5, 0.6) is 0 Å². The van der Waals surface area contributed by atoms with Gasteiger partial charge in [-0.25, -0.2) is 19.7 Å². The summed E-state index contributed by atoms with van der Waals surface area (Å²) in [5, 5.41) is 10.5. The fraction of sp³-hybridized carbons (Fsp3) is 0.185. The van der Waals surface area contributed by atoms with Crippen molar-refractivity contribution in [2.24, 2.45) is 0 Å². The molecule has 1 N–H and O–H groups in total. The van der Waals surface area contributed by atoms with Gasteiger partial charge in [-0.3, -0.25) is 0 Å². The number of aromatic nitrogens is 4. The number of aryl methyl sites for hydroxylation is 1. The number of imidazole rings is 1. The van der Waals surface area contributed by atoms with Gasteiger partial charge < -0.3 is 9.67 Å². The molecule has 3 aromatic heterocycles. The zero-order chi connectivity index (χ0) is 22.5. The van der Waals surface area contributed by atoms with Crippen LogP contribution in [-0.2, 0) is 6.54 Å². The molecular formula is C27H22N4NaO2. The van der Waals surface area contributed by atoms with Crippen molar-refractivity contribution in [3.05, 3.63) is 89.4 Å².